The zero-order chi connectivity index (χ0) is 14.2. The van der Waals surface area contributed by atoms with E-state index in [0.717, 1.165) is 18.7 Å². The maximum absolute atomic E-state index is 5.66. The van der Waals surface area contributed by atoms with E-state index in [1.165, 1.54) is 5.56 Å². The van der Waals surface area contributed by atoms with Crippen LogP contribution in [-0.2, 0) is 6.54 Å². The first-order valence-electron chi connectivity index (χ1n) is 6.68. The smallest absolute Gasteiger partial charge is 0.241 e. The summed E-state index contributed by atoms with van der Waals surface area (Å²) in [7, 11) is 1.92. The van der Waals surface area contributed by atoms with Crippen molar-refractivity contribution in [3.63, 3.8) is 0 Å². The maximum atomic E-state index is 5.66. The van der Waals surface area contributed by atoms with Gasteiger partial charge >= 0.3 is 0 Å². The predicted molar refractivity (Wildman–Crippen MR) is 77.1 cm³/mol. The Hall–Kier alpha value is -2.14. The third-order valence-electron chi connectivity index (χ3n) is 2.57. The van der Waals surface area contributed by atoms with Crippen LogP contribution < -0.4 is 14.8 Å². The highest BCUT2D eigenvalue weighted by molar-refractivity contribution is 5.30. The highest BCUT2D eigenvalue weighted by Crippen LogP contribution is 2.20. The van der Waals surface area contributed by atoms with Gasteiger partial charge in [-0.05, 0) is 31.2 Å². The lowest BCUT2D eigenvalue weighted by molar-refractivity contribution is 0.299. The fourth-order valence-electron chi connectivity index (χ4n) is 1.66. The summed E-state index contributed by atoms with van der Waals surface area (Å²) in [5.74, 6) is 1.64. The van der Waals surface area contributed by atoms with Crippen molar-refractivity contribution in [3.05, 3.63) is 42.2 Å². The third kappa shape index (κ3) is 4.20. The molecule has 0 saturated heterocycles. The van der Waals surface area contributed by atoms with Gasteiger partial charge in [0.2, 0.25) is 11.8 Å². The molecule has 0 aliphatic rings. The van der Waals surface area contributed by atoms with E-state index in [1.54, 1.807) is 12.4 Å². The monoisotopic (exact) mass is 273 g/mol. The lowest BCUT2D eigenvalue weighted by atomic mass is 10.2. The van der Waals surface area contributed by atoms with Crippen LogP contribution in [-0.4, -0.2) is 23.6 Å². The molecule has 0 unspecified atom stereocenters. The summed E-state index contributed by atoms with van der Waals surface area (Å²) in [6.07, 6.45) is 4.08. The Balaban J connectivity index is 2.01. The van der Waals surface area contributed by atoms with Crippen molar-refractivity contribution >= 4 is 0 Å². The standard InChI is InChI=1S/C15H19N3O2/c1-3-8-19-14-10-17-11-15(18-14)20-13-6-4-12(5-7-13)9-16-2/h4-7,10-11,16H,3,8-9H2,1-2H3. The van der Waals surface area contributed by atoms with Crippen molar-refractivity contribution in [2.24, 2.45) is 0 Å². The summed E-state index contributed by atoms with van der Waals surface area (Å²) in [5, 5.41) is 3.10. The Morgan fingerprint density at radius 3 is 2.55 bits per heavy atom. The molecule has 106 valence electrons. The molecular formula is C15H19N3O2. The second-order valence-electron chi connectivity index (χ2n) is 4.32. The normalized spacial score (nSPS) is 10.3. The van der Waals surface area contributed by atoms with Gasteiger partial charge in [0.05, 0.1) is 19.0 Å². The topological polar surface area (TPSA) is 56.3 Å². The van der Waals surface area contributed by atoms with Crippen molar-refractivity contribution in [1.82, 2.24) is 15.3 Å². The summed E-state index contributed by atoms with van der Waals surface area (Å²) in [6, 6.07) is 7.84. The highest BCUT2D eigenvalue weighted by Gasteiger charge is 2.02. The molecular weight excluding hydrogens is 254 g/mol. The number of ether oxygens (including phenoxy) is 2. The molecule has 1 heterocycles. The summed E-state index contributed by atoms with van der Waals surface area (Å²) in [4.78, 5) is 8.30. The molecule has 2 aromatic rings. The van der Waals surface area contributed by atoms with E-state index in [1.807, 2.05) is 38.2 Å². The van der Waals surface area contributed by atoms with E-state index in [-0.39, 0.29) is 0 Å². The first-order chi connectivity index (χ1) is 9.81. The first kappa shape index (κ1) is 14.3. The van der Waals surface area contributed by atoms with Gasteiger partial charge in [-0.3, -0.25) is 4.98 Å². The van der Waals surface area contributed by atoms with Crippen molar-refractivity contribution < 1.29 is 9.47 Å². The molecule has 0 atom stereocenters. The van der Waals surface area contributed by atoms with E-state index in [4.69, 9.17) is 9.47 Å². The van der Waals surface area contributed by atoms with E-state index < -0.39 is 0 Å². The average molecular weight is 273 g/mol. The minimum atomic E-state index is 0.431. The van der Waals surface area contributed by atoms with Crippen LogP contribution in [0.1, 0.15) is 18.9 Å². The zero-order valence-corrected chi connectivity index (χ0v) is 11.8. The lowest BCUT2D eigenvalue weighted by Gasteiger charge is -2.07. The SMILES string of the molecule is CCCOc1cncc(Oc2ccc(CNC)cc2)n1. The van der Waals surface area contributed by atoms with Crippen LogP contribution >= 0.6 is 0 Å². The molecule has 2 rings (SSSR count). The van der Waals surface area contributed by atoms with E-state index in [9.17, 15) is 0 Å². The molecule has 0 spiro atoms. The number of hydrogen-bond acceptors (Lipinski definition) is 5. The summed E-state index contributed by atoms with van der Waals surface area (Å²) < 4.78 is 11.1. The van der Waals surface area contributed by atoms with Crippen LogP contribution in [0.4, 0.5) is 0 Å². The molecule has 0 fully saturated rings. The number of hydrogen-bond donors (Lipinski definition) is 1. The van der Waals surface area contributed by atoms with Crippen LogP contribution in [0.15, 0.2) is 36.7 Å². The molecule has 1 N–H and O–H groups in total. The van der Waals surface area contributed by atoms with Crippen molar-refractivity contribution in [3.8, 4) is 17.5 Å². The Labute approximate surface area is 119 Å². The lowest BCUT2D eigenvalue weighted by Crippen LogP contribution is -2.04. The van der Waals surface area contributed by atoms with Crippen molar-refractivity contribution in [1.29, 1.82) is 0 Å². The number of nitrogens with zero attached hydrogens (tertiary/aromatic N) is 2. The molecule has 0 radical (unpaired) electrons. The van der Waals surface area contributed by atoms with Gasteiger partial charge in [0.15, 0.2) is 0 Å². The number of benzene rings is 1. The fraction of sp³-hybridized carbons (Fsp3) is 0.333. The van der Waals surface area contributed by atoms with Crippen molar-refractivity contribution in [2.75, 3.05) is 13.7 Å². The molecule has 0 amide bonds. The van der Waals surface area contributed by atoms with Crippen LogP contribution in [0.2, 0.25) is 0 Å². The molecule has 5 nitrogen and oxygen atoms in total. The van der Waals surface area contributed by atoms with Gasteiger partial charge in [0.1, 0.15) is 5.75 Å². The zero-order valence-electron chi connectivity index (χ0n) is 11.8. The van der Waals surface area contributed by atoms with Gasteiger partial charge in [-0.25, -0.2) is 0 Å². The van der Waals surface area contributed by atoms with Gasteiger partial charge in [0, 0.05) is 6.54 Å². The van der Waals surface area contributed by atoms with Crippen LogP contribution in [0.5, 0.6) is 17.5 Å². The van der Waals surface area contributed by atoms with Crippen LogP contribution in [0.3, 0.4) is 0 Å². The third-order valence-corrected chi connectivity index (χ3v) is 2.57. The quantitative estimate of drug-likeness (QED) is 0.840. The van der Waals surface area contributed by atoms with Gasteiger partial charge in [-0.2, -0.15) is 4.98 Å². The minimum absolute atomic E-state index is 0.431. The average Bonchev–Trinajstić information content (AvgIpc) is 2.48. The van der Waals surface area contributed by atoms with Gasteiger partial charge in [-0.15, -0.1) is 0 Å². The number of aromatic nitrogens is 2. The Bertz CT molecular complexity index is 529. The van der Waals surface area contributed by atoms with Gasteiger partial charge in [0.25, 0.3) is 0 Å². The molecule has 0 saturated carbocycles. The molecule has 20 heavy (non-hydrogen) atoms. The molecule has 5 heteroatoms. The first-order valence-corrected chi connectivity index (χ1v) is 6.68. The van der Waals surface area contributed by atoms with Crippen LogP contribution in [0.25, 0.3) is 0 Å². The van der Waals surface area contributed by atoms with E-state index in [2.05, 4.69) is 15.3 Å². The summed E-state index contributed by atoms with van der Waals surface area (Å²) in [6.45, 7) is 3.50. The Morgan fingerprint density at radius 2 is 1.85 bits per heavy atom. The van der Waals surface area contributed by atoms with Gasteiger partial charge < -0.3 is 14.8 Å². The fourth-order valence-corrected chi connectivity index (χ4v) is 1.66. The Morgan fingerprint density at radius 1 is 1.10 bits per heavy atom. The summed E-state index contributed by atoms with van der Waals surface area (Å²) in [5.41, 5.74) is 1.20. The Kier molecular flexibility index (Phi) is 5.32. The second kappa shape index (κ2) is 7.45. The molecule has 0 aliphatic heterocycles. The molecule has 1 aromatic carbocycles. The predicted octanol–water partition coefficient (Wildman–Crippen LogP) is 2.78. The van der Waals surface area contributed by atoms with Crippen molar-refractivity contribution in [2.45, 2.75) is 19.9 Å². The van der Waals surface area contributed by atoms with E-state index in [0.29, 0.717) is 18.4 Å². The van der Waals surface area contributed by atoms with Gasteiger partial charge in [-0.1, -0.05) is 19.1 Å². The van der Waals surface area contributed by atoms with E-state index >= 15 is 0 Å². The maximum Gasteiger partial charge on any atom is 0.241 e. The highest BCUT2D eigenvalue weighted by atomic mass is 16.5. The summed E-state index contributed by atoms with van der Waals surface area (Å²) >= 11 is 0. The van der Waals surface area contributed by atoms with Crippen LogP contribution in [0, 0.1) is 0 Å². The molecule has 0 bridgehead atoms. The largest absolute Gasteiger partial charge is 0.477 e. The molecule has 1 aromatic heterocycles. The second-order valence-corrected chi connectivity index (χ2v) is 4.32. The number of rotatable bonds is 7. The molecule has 0 aliphatic carbocycles. The minimum Gasteiger partial charge on any atom is -0.477 e. The number of nitrogens with one attached hydrogen (secondary N) is 1.